The molecule has 2 nitrogen and oxygen atoms in total. The van der Waals surface area contributed by atoms with Gasteiger partial charge < -0.3 is 10.2 Å². The van der Waals surface area contributed by atoms with Crippen molar-refractivity contribution >= 4 is 11.8 Å². The van der Waals surface area contributed by atoms with Crippen LogP contribution < -0.4 is 5.32 Å². The third-order valence-electron chi connectivity index (χ3n) is 3.83. The molecule has 3 heteroatoms. The quantitative estimate of drug-likeness (QED) is 0.795. The van der Waals surface area contributed by atoms with Crippen LogP contribution in [0, 0.1) is 0 Å². The molecule has 0 spiro atoms. The van der Waals surface area contributed by atoms with E-state index >= 15 is 0 Å². The van der Waals surface area contributed by atoms with Gasteiger partial charge in [0, 0.05) is 18.1 Å². The Hall–Kier alpha value is 0.270. The van der Waals surface area contributed by atoms with E-state index in [9.17, 15) is 0 Å². The van der Waals surface area contributed by atoms with E-state index in [1.807, 2.05) is 0 Å². The van der Waals surface area contributed by atoms with Crippen molar-refractivity contribution in [2.75, 3.05) is 25.6 Å². The van der Waals surface area contributed by atoms with Gasteiger partial charge in [0.2, 0.25) is 0 Å². The molecule has 2 aliphatic rings. The van der Waals surface area contributed by atoms with E-state index in [4.69, 9.17) is 0 Å². The molecule has 1 saturated heterocycles. The molecule has 88 valence electrons. The first-order chi connectivity index (χ1) is 7.25. The van der Waals surface area contributed by atoms with E-state index in [0.29, 0.717) is 0 Å². The first-order valence-electron chi connectivity index (χ1n) is 6.26. The molecule has 0 amide bonds. The Morgan fingerprint density at radius 3 is 2.33 bits per heavy atom. The normalized spacial score (nSPS) is 33.8. The highest BCUT2D eigenvalue weighted by Crippen LogP contribution is 2.25. The van der Waals surface area contributed by atoms with Crippen LogP contribution in [-0.4, -0.2) is 48.6 Å². The summed E-state index contributed by atoms with van der Waals surface area (Å²) in [5, 5.41) is 3.86. The lowest BCUT2D eigenvalue weighted by molar-refractivity contribution is 0.289. The predicted molar refractivity (Wildman–Crippen MR) is 68.6 cm³/mol. The van der Waals surface area contributed by atoms with Crippen LogP contribution in [0.1, 0.15) is 32.1 Å². The molecule has 0 aromatic heterocycles. The van der Waals surface area contributed by atoms with Gasteiger partial charge in [-0.15, -0.1) is 0 Å². The Bertz CT molecular complexity index is 190. The Morgan fingerprint density at radius 2 is 1.73 bits per heavy atom. The molecule has 1 N–H and O–H groups in total. The smallest absolute Gasteiger partial charge is 0.0105 e. The Kier molecular flexibility index (Phi) is 4.35. The molecule has 1 aliphatic carbocycles. The lowest BCUT2D eigenvalue weighted by Crippen LogP contribution is -2.40. The number of nitrogens with zero attached hydrogens (tertiary/aromatic N) is 1. The SMILES string of the molecule is CN(C)C1CCC(NC2CCSCC2)C1. The molecule has 0 radical (unpaired) electrons. The van der Waals surface area contributed by atoms with Crippen molar-refractivity contribution in [3.63, 3.8) is 0 Å². The van der Waals surface area contributed by atoms with E-state index in [0.717, 1.165) is 18.1 Å². The zero-order valence-electron chi connectivity index (χ0n) is 10.0. The molecular weight excluding hydrogens is 204 g/mol. The highest BCUT2D eigenvalue weighted by Gasteiger charge is 2.27. The zero-order valence-corrected chi connectivity index (χ0v) is 10.9. The summed E-state index contributed by atoms with van der Waals surface area (Å²) in [7, 11) is 4.43. The Labute approximate surface area is 98.2 Å². The minimum atomic E-state index is 0.797. The average molecular weight is 228 g/mol. The fraction of sp³-hybridized carbons (Fsp3) is 1.00. The summed E-state index contributed by atoms with van der Waals surface area (Å²) in [5.41, 5.74) is 0. The number of thioether (sulfide) groups is 1. The van der Waals surface area contributed by atoms with Gasteiger partial charge in [-0.05, 0) is 57.7 Å². The van der Waals surface area contributed by atoms with Gasteiger partial charge in [0.05, 0.1) is 0 Å². The van der Waals surface area contributed by atoms with Crippen molar-refractivity contribution < 1.29 is 0 Å². The van der Waals surface area contributed by atoms with E-state index in [1.165, 1.54) is 43.6 Å². The number of hydrogen-bond acceptors (Lipinski definition) is 3. The summed E-state index contributed by atoms with van der Waals surface area (Å²) in [6.07, 6.45) is 6.89. The molecule has 1 heterocycles. The van der Waals surface area contributed by atoms with Crippen LogP contribution in [0.3, 0.4) is 0 Å². The summed E-state index contributed by atoms with van der Waals surface area (Å²) >= 11 is 2.11. The molecule has 2 fully saturated rings. The minimum Gasteiger partial charge on any atom is -0.311 e. The second kappa shape index (κ2) is 5.55. The minimum absolute atomic E-state index is 0.797. The van der Waals surface area contributed by atoms with Crippen LogP contribution in [0.15, 0.2) is 0 Å². The molecule has 2 rings (SSSR count). The molecule has 1 saturated carbocycles. The average Bonchev–Trinajstić information content (AvgIpc) is 2.68. The fourth-order valence-corrected chi connectivity index (χ4v) is 3.88. The Balaban J connectivity index is 1.71. The maximum Gasteiger partial charge on any atom is 0.0105 e. The van der Waals surface area contributed by atoms with Gasteiger partial charge in [-0.2, -0.15) is 11.8 Å². The molecule has 2 atom stereocenters. The summed E-state index contributed by atoms with van der Waals surface area (Å²) in [6.45, 7) is 0. The van der Waals surface area contributed by atoms with Crippen LogP contribution in [0.5, 0.6) is 0 Å². The lowest BCUT2D eigenvalue weighted by atomic mass is 10.1. The first-order valence-corrected chi connectivity index (χ1v) is 7.41. The largest absolute Gasteiger partial charge is 0.311 e. The van der Waals surface area contributed by atoms with Gasteiger partial charge in [0.25, 0.3) is 0 Å². The molecular formula is C12H24N2S. The summed E-state index contributed by atoms with van der Waals surface area (Å²) in [5.74, 6) is 2.73. The van der Waals surface area contributed by atoms with Crippen LogP contribution >= 0.6 is 11.8 Å². The van der Waals surface area contributed by atoms with Gasteiger partial charge in [0.15, 0.2) is 0 Å². The number of rotatable bonds is 3. The van der Waals surface area contributed by atoms with Crippen molar-refractivity contribution in [2.45, 2.75) is 50.2 Å². The van der Waals surface area contributed by atoms with E-state index < -0.39 is 0 Å². The maximum atomic E-state index is 3.86. The highest BCUT2D eigenvalue weighted by molar-refractivity contribution is 7.99. The molecule has 2 unspecified atom stereocenters. The van der Waals surface area contributed by atoms with Crippen LogP contribution in [0.4, 0.5) is 0 Å². The van der Waals surface area contributed by atoms with Gasteiger partial charge in [-0.3, -0.25) is 0 Å². The predicted octanol–water partition coefficient (Wildman–Crippen LogP) is 1.95. The fourth-order valence-electron chi connectivity index (χ4n) is 2.78. The van der Waals surface area contributed by atoms with Crippen molar-refractivity contribution in [1.29, 1.82) is 0 Å². The summed E-state index contributed by atoms with van der Waals surface area (Å²) < 4.78 is 0. The maximum absolute atomic E-state index is 3.86. The molecule has 15 heavy (non-hydrogen) atoms. The van der Waals surface area contributed by atoms with E-state index in [2.05, 4.69) is 36.1 Å². The van der Waals surface area contributed by atoms with Gasteiger partial charge in [-0.1, -0.05) is 0 Å². The van der Waals surface area contributed by atoms with E-state index in [1.54, 1.807) is 0 Å². The van der Waals surface area contributed by atoms with Gasteiger partial charge in [0.1, 0.15) is 0 Å². The highest BCUT2D eigenvalue weighted by atomic mass is 32.2. The Morgan fingerprint density at radius 1 is 1.00 bits per heavy atom. The van der Waals surface area contributed by atoms with Gasteiger partial charge in [-0.25, -0.2) is 0 Å². The van der Waals surface area contributed by atoms with Crippen LogP contribution in [0.25, 0.3) is 0 Å². The summed E-state index contributed by atoms with van der Waals surface area (Å²) in [6, 6.07) is 2.43. The van der Waals surface area contributed by atoms with Crippen molar-refractivity contribution in [2.24, 2.45) is 0 Å². The van der Waals surface area contributed by atoms with Crippen molar-refractivity contribution in [1.82, 2.24) is 10.2 Å². The second-order valence-electron chi connectivity index (χ2n) is 5.18. The number of nitrogens with one attached hydrogen (secondary N) is 1. The van der Waals surface area contributed by atoms with Crippen LogP contribution in [0.2, 0.25) is 0 Å². The number of hydrogen-bond donors (Lipinski definition) is 1. The molecule has 1 aliphatic heterocycles. The van der Waals surface area contributed by atoms with Crippen LogP contribution in [-0.2, 0) is 0 Å². The van der Waals surface area contributed by atoms with Crippen molar-refractivity contribution in [3.8, 4) is 0 Å². The second-order valence-corrected chi connectivity index (χ2v) is 6.41. The third-order valence-corrected chi connectivity index (χ3v) is 4.88. The zero-order chi connectivity index (χ0) is 10.7. The van der Waals surface area contributed by atoms with Gasteiger partial charge >= 0.3 is 0 Å². The molecule has 0 aromatic rings. The lowest BCUT2D eigenvalue weighted by Gasteiger charge is -2.26. The van der Waals surface area contributed by atoms with E-state index in [-0.39, 0.29) is 0 Å². The summed E-state index contributed by atoms with van der Waals surface area (Å²) in [4.78, 5) is 2.39. The topological polar surface area (TPSA) is 15.3 Å². The third kappa shape index (κ3) is 3.36. The molecule has 0 bridgehead atoms. The standard InChI is InChI=1S/C12H24N2S/c1-14(2)12-4-3-11(9-12)13-10-5-7-15-8-6-10/h10-13H,3-9H2,1-2H3. The van der Waals surface area contributed by atoms with Crippen molar-refractivity contribution in [3.05, 3.63) is 0 Å². The molecule has 0 aromatic carbocycles. The first kappa shape index (κ1) is 11.7. The monoisotopic (exact) mass is 228 g/mol.